The lowest BCUT2D eigenvalue weighted by molar-refractivity contribution is -0.145. The van der Waals surface area contributed by atoms with E-state index in [2.05, 4.69) is 4.98 Å². The van der Waals surface area contributed by atoms with Crippen molar-refractivity contribution in [3.63, 3.8) is 0 Å². The van der Waals surface area contributed by atoms with Crippen molar-refractivity contribution in [2.24, 2.45) is 0 Å². The van der Waals surface area contributed by atoms with Gasteiger partial charge in [-0.3, -0.25) is 0 Å². The van der Waals surface area contributed by atoms with Crippen LogP contribution in [0.3, 0.4) is 0 Å². The van der Waals surface area contributed by atoms with Crippen LogP contribution in [0.25, 0.3) is 11.0 Å². The summed E-state index contributed by atoms with van der Waals surface area (Å²) in [7, 11) is 0. The number of nitrogens with zero attached hydrogens (tertiary/aromatic N) is 2. The molecule has 0 unspecified atom stereocenters. The average molecular weight is 322 g/mol. The van der Waals surface area contributed by atoms with Crippen molar-refractivity contribution >= 4 is 17.0 Å². The van der Waals surface area contributed by atoms with Gasteiger partial charge < -0.3 is 9.67 Å². The van der Waals surface area contributed by atoms with Gasteiger partial charge in [0.1, 0.15) is 11.4 Å². The van der Waals surface area contributed by atoms with E-state index in [1.54, 1.807) is 18.4 Å². The Balaban J connectivity index is 2.27. The van der Waals surface area contributed by atoms with Gasteiger partial charge in [-0.2, -0.15) is 0 Å². The average Bonchev–Trinajstić information content (AvgIpc) is 2.87. The van der Waals surface area contributed by atoms with Crippen molar-refractivity contribution in [2.45, 2.75) is 57.4 Å². The molecule has 0 bridgehead atoms. The summed E-state index contributed by atoms with van der Waals surface area (Å²) in [6.07, 6.45) is 5.12. The summed E-state index contributed by atoms with van der Waals surface area (Å²) in [6.45, 7) is 3.12. The number of carboxylic acid groups (broad SMARTS) is 1. The monoisotopic (exact) mass is 322 g/mol. The molecular weight excluding hydrogens is 302 g/mol. The summed E-state index contributed by atoms with van der Waals surface area (Å²) in [5, 5.41) is 9.60. The van der Waals surface area contributed by atoms with Gasteiger partial charge in [0.25, 0.3) is 0 Å². The number of carboxylic acids is 1. The Hall–Kier alpha value is -1.98. The standard InChI is InChI=1S/C17H20F2N2O2/c1-17(2,16(22)23)21-14-9-12(19)11(18)8-13(14)20-15(21)10-6-4-3-5-7-10/h8-10H,3-7H2,1-2H3,(H,22,23). The first-order chi connectivity index (χ1) is 10.8. The number of aliphatic carboxylic acids is 1. The molecule has 1 heterocycles. The molecule has 0 spiro atoms. The van der Waals surface area contributed by atoms with E-state index in [-0.39, 0.29) is 5.92 Å². The summed E-state index contributed by atoms with van der Waals surface area (Å²) >= 11 is 0. The maximum atomic E-state index is 13.7. The van der Waals surface area contributed by atoms with Crippen molar-refractivity contribution in [1.29, 1.82) is 0 Å². The Labute approximate surface area is 133 Å². The zero-order valence-electron chi connectivity index (χ0n) is 13.3. The predicted octanol–water partition coefficient (Wildman–Crippen LogP) is 4.18. The Morgan fingerprint density at radius 1 is 1.22 bits per heavy atom. The molecule has 6 heteroatoms. The van der Waals surface area contributed by atoms with E-state index in [1.165, 1.54) is 0 Å². The van der Waals surface area contributed by atoms with Gasteiger partial charge in [-0.1, -0.05) is 19.3 Å². The Kier molecular flexibility index (Phi) is 3.86. The number of fused-ring (bicyclic) bond motifs is 1. The molecule has 0 saturated heterocycles. The largest absolute Gasteiger partial charge is 0.480 e. The molecule has 1 aliphatic carbocycles. The smallest absolute Gasteiger partial charge is 0.329 e. The Morgan fingerprint density at radius 2 is 1.83 bits per heavy atom. The molecule has 4 nitrogen and oxygen atoms in total. The van der Waals surface area contributed by atoms with Crippen molar-refractivity contribution in [2.75, 3.05) is 0 Å². The molecule has 0 aliphatic heterocycles. The van der Waals surface area contributed by atoms with Crippen LogP contribution in [-0.2, 0) is 10.3 Å². The van der Waals surface area contributed by atoms with Crippen LogP contribution in [0.5, 0.6) is 0 Å². The van der Waals surface area contributed by atoms with Crippen molar-refractivity contribution < 1.29 is 18.7 Å². The lowest BCUT2D eigenvalue weighted by Crippen LogP contribution is -2.37. The molecule has 1 fully saturated rings. The molecule has 0 radical (unpaired) electrons. The summed E-state index contributed by atoms with van der Waals surface area (Å²) in [5.74, 6) is -2.24. The van der Waals surface area contributed by atoms with Crippen LogP contribution in [0, 0.1) is 11.6 Å². The quantitative estimate of drug-likeness (QED) is 0.922. The van der Waals surface area contributed by atoms with Crippen LogP contribution in [0.4, 0.5) is 8.78 Å². The topological polar surface area (TPSA) is 55.1 Å². The number of benzene rings is 1. The molecule has 3 rings (SSSR count). The first-order valence-electron chi connectivity index (χ1n) is 7.93. The fourth-order valence-corrected chi connectivity index (χ4v) is 3.41. The minimum absolute atomic E-state index is 0.126. The summed E-state index contributed by atoms with van der Waals surface area (Å²) in [6, 6.07) is 2.10. The second-order valence-electron chi connectivity index (χ2n) is 6.76. The summed E-state index contributed by atoms with van der Waals surface area (Å²) < 4.78 is 28.8. The fourth-order valence-electron chi connectivity index (χ4n) is 3.41. The molecule has 0 amide bonds. The highest BCUT2D eigenvalue weighted by molar-refractivity contribution is 5.82. The first-order valence-corrected chi connectivity index (χ1v) is 7.93. The van der Waals surface area contributed by atoms with Crippen molar-refractivity contribution in [3.05, 3.63) is 29.6 Å². The van der Waals surface area contributed by atoms with E-state index in [4.69, 9.17) is 0 Å². The zero-order chi connectivity index (χ0) is 16.8. The SMILES string of the molecule is CC(C)(C(=O)O)n1c(C2CCCCC2)nc2cc(F)c(F)cc21. The normalized spacial score (nSPS) is 16.9. The van der Waals surface area contributed by atoms with Gasteiger partial charge in [-0.15, -0.1) is 0 Å². The van der Waals surface area contributed by atoms with E-state index >= 15 is 0 Å². The highest BCUT2D eigenvalue weighted by Crippen LogP contribution is 2.37. The molecular formula is C17H20F2N2O2. The van der Waals surface area contributed by atoms with Crippen molar-refractivity contribution in [1.82, 2.24) is 9.55 Å². The molecule has 23 heavy (non-hydrogen) atoms. The van der Waals surface area contributed by atoms with Crippen LogP contribution < -0.4 is 0 Å². The van der Waals surface area contributed by atoms with Gasteiger partial charge in [0.15, 0.2) is 11.6 Å². The summed E-state index contributed by atoms with van der Waals surface area (Å²) in [5.41, 5.74) is -0.651. The number of aromatic nitrogens is 2. The number of hydrogen-bond acceptors (Lipinski definition) is 2. The van der Waals surface area contributed by atoms with Gasteiger partial charge >= 0.3 is 5.97 Å². The first kappa shape index (κ1) is 15.9. The maximum absolute atomic E-state index is 13.7. The third-order valence-electron chi connectivity index (χ3n) is 4.78. The molecule has 1 aromatic heterocycles. The van der Waals surface area contributed by atoms with E-state index in [9.17, 15) is 18.7 Å². The van der Waals surface area contributed by atoms with Gasteiger partial charge in [0.05, 0.1) is 11.0 Å². The molecule has 1 N–H and O–H groups in total. The van der Waals surface area contributed by atoms with Gasteiger partial charge in [0, 0.05) is 18.1 Å². The van der Waals surface area contributed by atoms with E-state index < -0.39 is 23.1 Å². The lowest BCUT2D eigenvalue weighted by Gasteiger charge is -2.29. The molecule has 1 aromatic carbocycles. The van der Waals surface area contributed by atoms with Crippen LogP contribution >= 0.6 is 0 Å². The Bertz CT molecular complexity index is 762. The van der Waals surface area contributed by atoms with Crippen molar-refractivity contribution in [3.8, 4) is 0 Å². The second-order valence-corrected chi connectivity index (χ2v) is 6.76. The molecule has 0 atom stereocenters. The number of imidazole rings is 1. The van der Waals surface area contributed by atoms with E-state index in [1.807, 2.05) is 0 Å². The second kappa shape index (κ2) is 5.58. The van der Waals surface area contributed by atoms with Gasteiger partial charge in [-0.25, -0.2) is 18.6 Å². The minimum Gasteiger partial charge on any atom is -0.480 e. The summed E-state index contributed by atoms with van der Waals surface area (Å²) in [4.78, 5) is 16.2. The van der Waals surface area contributed by atoms with Crippen LogP contribution in [0.1, 0.15) is 57.7 Å². The van der Waals surface area contributed by atoms with Crippen LogP contribution in [0.15, 0.2) is 12.1 Å². The number of hydrogen-bond donors (Lipinski definition) is 1. The third kappa shape index (κ3) is 2.60. The van der Waals surface area contributed by atoms with Crippen LogP contribution in [-0.4, -0.2) is 20.6 Å². The fraction of sp³-hybridized carbons (Fsp3) is 0.529. The zero-order valence-corrected chi connectivity index (χ0v) is 13.3. The number of halogens is 2. The minimum atomic E-state index is -1.29. The Morgan fingerprint density at radius 3 is 2.43 bits per heavy atom. The van der Waals surface area contributed by atoms with Gasteiger partial charge in [-0.05, 0) is 26.7 Å². The van der Waals surface area contributed by atoms with E-state index in [0.29, 0.717) is 16.9 Å². The maximum Gasteiger partial charge on any atom is 0.329 e. The highest BCUT2D eigenvalue weighted by atomic mass is 19.2. The molecule has 1 aliphatic rings. The predicted molar refractivity (Wildman–Crippen MR) is 82.4 cm³/mol. The molecule has 2 aromatic rings. The van der Waals surface area contributed by atoms with E-state index in [0.717, 1.165) is 44.2 Å². The van der Waals surface area contributed by atoms with Crippen LogP contribution in [0.2, 0.25) is 0 Å². The van der Waals surface area contributed by atoms with Gasteiger partial charge in [0.2, 0.25) is 0 Å². The number of rotatable bonds is 3. The number of carbonyl (C=O) groups is 1. The lowest BCUT2D eigenvalue weighted by atomic mass is 9.88. The third-order valence-corrected chi connectivity index (χ3v) is 4.78. The molecule has 1 saturated carbocycles. The molecule has 124 valence electrons. The highest BCUT2D eigenvalue weighted by Gasteiger charge is 2.36.